The van der Waals surface area contributed by atoms with E-state index in [2.05, 4.69) is 19.2 Å². The van der Waals surface area contributed by atoms with Crippen LogP contribution in [-0.2, 0) is 4.74 Å². The number of anilines is 1. The quantitative estimate of drug-likeness (QED) is 0.810. The molecule has 1 aliphatic carbocycles. The van der Waals surface area contributed by atoms with Gasteiger partial charge in [0.25, 0.3) is 0 Å². The monoisotopic (exact) mass is 265 g/mol. The van der Waals surface area contributed by atoms with Gasteiger partial charge in [0.1, 0.15) is 5.82 Å². The zero-order valence-corrected chi connectivity index (χ0v) is 11.9. The molecule has 0 heterocycles. The number of ether oxygens (including phenoxy) is 1. The van der Waals surface area contributed by atoms with Crippen LogP contribution in [0.1, 0.15) is 33.1 Å². The molecular weight excluding hydrogens is 241 g/mol. The van der Waals surface area contributed by atoms with Crippen molar-refractivity contribution < 1.29 is 9.13 Å². The summed E-state index contributed by atoms with van der Waals surface area (Å²) < 4.78 is 19.2. The molecular formula is C16H24FNO. The van der Waals surface area contributed by atoms with Gasteiger partial charge < -0.3 is 10.1 Å². The van der Waals surface area contributed by atoms with Crippen LogP contribution in [0.15, 0.2) is 24.3 Å². The molecule has 1 aromatic rings. The minimum atomic E-state index is -0.206. The Bertz CT molecular complexity index is 396. The van der Waals surface area contributed by atoms with Crippen molar-refractivity contribution in [2.75, 3.05) is 18.5 Å². The fraction of sp³-hybridized carbons (Fsp3) is 0.625. The summed E-state index contributed by atoms with van der Waals surface area (Å²) in [5.74, 6) is 1.36. The molecule has 0 saturated heterocycles. The Labute approximate surface area is 115 Å². The fourth-order valence-electron chi connectivity index (χ4n) is 2.67. The third-order valence-electron chi connectivity index (χ3n) is 4.19. The Kier molecular flexibility index (Phi) is 5.20. The van der Waals surface area contributed by atoms with Gasteiger partial charge in [-0.05, 0) is 43.2 Å². The molecule has 2 nitrogen and oxygen atoms in total. The number of benzene rings is 1. The van der Waals surface area contributed by atoms with E-state index in [0.717, 1.165) is 24.7 Å². The van der Waals surface area contributed by atoms with Gasteiger partial charge >= 0.3 is 0 Å². The lowest BCUT2D eigenvalue weighted by atomic mass is 9.80. The van der Waals surface area contributed by atoms with Crippen LogP contribution < -0.4 is 5.32 Å². The van der Waals surface area contributed by atoms with Gasteiger partial charge in [-0.3, -0.25) is 0 Å². The van der Waals surface area contributed by atoms with Gasteiger partial charge in [0.15, 0.2) is 0 Å². The maximum atomic E-state index is 13.4. The molecule has 106 valence electrons. The molecule has 2 rings (SSSR count). The summed E-state index contributed by atoms with van der Waals surface area (Å²) in [6, 6.07) is 6.74. The molecule has 0 amide bonds. The van der Waals surface area contributed by atoms with Crippen LogP contribution in [0.2, 0.25) is 0 Å². The number of para-hydroxylation sites is 1. The van der Waals surface area contributed by atoms with E-state index in [1.54, 1.807) is 12.1 Å². The first-order valence-corrected chi connectivity index (χ1v) is 7.27. The Morgan fingerprint density at radius 3 is 2.74 bits per heavy atom. The minimum absolute atomic E-state index is 0.206. The number of nitrogens with one attached hydrogen (secondary N) is 1. The van der Waals surface area contributed by atoms with E-state index in [1.807, 2.05) is 6.07 Å². The highest BCUT2D eigenvalue weighted by atomic mass is 19.1. The summed E-state index contributed by atoms with van der Waals surface area (Å²) in [6.07, 6.45) is 3.95. The Morgan fingerprint density at radius 1 is 1.21 bits per heavy atom. The number of rotatable bonds is 5. The summed E-state index contributed by atoms with van der Waals surface area (Å²) in [7, 11) is 0. The van der Waals surface area contributed by atoms with Crippen molar-refractivity contribution in [3.63, 3.8) is 0 Å². The highest BCUT2D eigenvalue weighted by Crippen LogP contribution is 2.30. The van der Waals surface area contributed by atoms with Crippen LogP contribution in [-0.4, -0.2) is 19.3 Å². The summed E-state index contributed by atoms with van der Waals surface area (Å²) in [4.78, 5) is 0. The largest absolute Gasteiger partial charge is 0.380 e. The van der Waals surface area contributed by atoms with E-state index in [4.69, 9.17) is 4.74 Å². The highest BCUT2D eigenvalue weighted by molar-refractivity contribution is 5.44. The van der Waals surface area contributed by atoms with Crippen molar-refractivity contribution >= 4 is 5.69 Å². The Hall–Kier alpha value is -1.09. The van der Waals surface area contributed by atoms with Crippen LogP contribution in [0.3, 0.4) is 0 Å². The second kappa shape index (κ2) is 6.90. The molecule has 19 heavy (non-hydrogen) atoms. The van der Waals surface area contributed by atoms with E-state index >= 15 is 0 Å². The fourth-order valence-corrected chi connectivity index (χ4v) is 2.67. The standard InChI is InChI=1S/C16H24FNO/c1-12-7-8-14(11-13(12)2)19-10-9-18-16-6-4-3-5-15(16)17/h3-6,12-14,18H,7-11H2,1-2H3. The molecule has 0 aliphatic heterocycles. The maximum absolute atomic E-state index is 13.4. The zero-order chi connectivity index (χ0) is 13.7. The molecule has 3 heteroatoms. The third-order valence-corrected chi connectivity index (χ3v) is 4.19. The van der Waals surface area contributed by atoms with E-state index < -0.39 is 0 Å². The molecule has 1 aliphatic rings. The van der Waals surface area contributed by atoms with Crippen molar-refractivity contribution in [2.45, 2.75) is 39.2 Å². The van der Waals surface area contributed by atoms with Gasteiger partial charge in [-0.15, -0.1) is 0 Å². The van der Waals surface area contributed by atoms with Gasteiger partial charge in [0.2, 0.25) is 0 Å². The van der Waals surface area contributed by atoms with E-state index in [0.29, 0.717) is 24.9 Å². The predicted molar refractivity (Wildman–Crippen MR) is 76.8 cm³/mol. The summed E-state index contributed by atoms with van der Waals surface area (Å²) in [6.45, 7) is 5.92. The third kappa shape index (κ3) is 4.20. The van der Waals surface area contributed by atoms with Gasteiger partial charge in [-0.25, -0.2) is 4.39 Å². The molecule has 0 bridgehead atoms. The first-order chi connectivity index (χ1) is 9.16. The molecule has 0 spiro atoms. The van der Waals surface area contributed by atoms with Crippen LogP contribution >= 0.6 is 0 Å². The molecule has 3 unspecified atom stereocenters. The Morgan fingerprint density at radius 2 is 2.00 bits per heavy atom. The molecule has 1 aromatic carbocycles. The lowest BCUT2D eigenvalue weighted by Gasteiger charge is -2.32. The zero-order valence-electron chi connectivity index (χ0n) is 11.9. The van der Waals surface area contributed by atoms with Gasteiger partial charge in [-0.1, -0.05) is 26.0 Å². The Balaban J connectivity index is 1.66. The topological polar surface area (TPSA) is 21.3 Å². The molecule has 1 saturated carbocycles. The predicted octanol–water partition coefficient (Wildman–Crippen LogP) is 4.08. The minimum Gasteiger partial charge on any atom is -0.380 e. The molecule has 1 fully saturated rings. The smallest absolute Gasteiger partial charge is 0.146 e. The first-order valence-electron chi connectivity index (χ1n) is 7.27. The summed E-state index contributed by atoms with van der Waals surface area (Å²) in [5, 5.41) is 3.07. The highest BCUT2D eigenvalue weighted by Gasteiger charge is 2.24. The lowest BCUT2D eigenvalue weighted by Crippen LogP contribution is -2.28. The van der Waals surface area contributed by atoms with Gasteiger partial charge in [0, 0.05) is 6.54 Å². The molecule has 0 aromatic heterocycles. The summed E-state index contributed by atoms with van der Waals surface area (Å²) in [5.41, 5.74) is 0.553. The normalized spacial score (nSPS) is 27.2. The summed E-state index contributed by atoms with van der Waals surface area (Å²) >= 11 is 0. The second-order valence-corrected chi connectivity index (χ2v) is 5.67. The van der Waals surface area contributed by atoms with Crippen LogP contribution in [0, 0.1) is 17.7 Å². The molecule has 3 atom stereocenters. The van der Waals surface area contributed by atoms with Crippen molar-refractivity contribution in [1.29, 1.82) is 0 Å². The van der Waals surface area contributed by atoms with E-state index in [9.17, 15) is 4.39 Å². The van der Waals surface area contributed by atoms with Crippen molar-refractivity contribution in [3.05, 3.63) is 30.1 Å². The van der Waals surface area contributed by atoms with Crippen molar-refractivity contribution in [2.24, 2.45) is 11.8 Å². The van der Waals surface area contributed by atoms with E-state index in [1.165, 1.54) is 12.5 Å². The van der Waals surface area contributed by atoms with Crippen LogP contribution in [0.4, 0.5) is 10.1 Å². The second-order valence-electron chi connectivity index (χ2n) is 5.67. The SMILES string of the molecule is CC1CCC(OCCNc2ccccc2F)CC1C. The lowest BCUT2D eigenvalue weighted by molar-refractivity contribution is 0.00777. The van der Waals surface area contributed by atoms with Crippen LogP contribution in [0.25, 0.3) is 0 Å². The first kappa shape index (κ1) is 14.3. The van der Waals surface area contributed by atoms with Gasteiger partial charge in [0.05, 0.1) is 18.4 Å². The average molecular weight is 265 g/mol. The molecule has 0 radical (unpaired) electrons. The van der Waals surface area contributed by atoms with Crippen molar-refractivity contribution in [3.8, 4) is 0 Å². The number of hydrogen-bond acceptors (Lipinski definition) is 2. The van der Waals surface area contributed by atoms with Crippen molar-refractivity contribution in [1.82, 2.24) is 0 Å². The molecule has 1 N–H and O–H groups in total. The average Bonchev–Trinajstić information content (AvgIpc) is 2.40. The number of hydrogen-bond donors (Lipinski definition) is 1. The number of halogens is 1. The van der Waals surface area contributed by atoms with E-state index in [-0.39, 0.29) is 5.82 Å². The maximum Gasteiger partial charge on any atom is 0.146 e. The van der Waals surface area contributed by atoms with Crippen LogP contribution in [0.5, 0.6) is 0 Å². The van der Waals surface area contributed by atoms with Gasteiger partial charge in [-0.2, -0.15) is 0 Å².